The molecule has 0 radical (unpaired) electrons. The second-order valence-corrected chi connectivity index (χ2v) is 8.48. The van der Waals surface area contributed by atoms with Crippen LogP contribution in [0, 0.1) is 0 Å². The van der Waals surface area contributed by atoms with Crippen LogP contribution in [0.3, 0.4) is 0 Å². The summed E-state index contributed by atoms with van der Waals surface area (Å²) in [5.74, 6) is 0.536. The molecule has 4 rings (SSSR count). The van der Waals surface area contributed by atoms with Crippen molar-refractivity contribution in [3.8, 4) is 17.2 Å². The number of fused-ring (bicyclic) bond motifs is 2. The highest BCUT2D eigenvalue weighted by Crippen LogP contribution is 2.38. The highest BCUT2D eigenvalue weighted by molar-refractivity contribution is 7.92. The molecule has 0 saturated heterocycles. The van der Waals surface area contributed by atoms with E-state index in [0.717, 1.165) is 0 Å². The van der Waals surface area contributed by atoms with E-state index < -0.39 is 15.9 Å². The number of nitrogens with one attached hydrogen (secondary N) is 2. The fraction of sp³-hybridized carbons (Fsp3) is 0.0952. The maximum atomic E-state index is 12.9. The van der Waals surface area contributed by atoms with Gasteiger partial charge in [-0.05, 0) is 55.5 Å². The topological polar surface area (TPSA) is 93.7 Å². The predicted octanol–water partition coefficient (Wildman–Crippen LogP) is 4.90. The molecule has 1 aliphatic rings. The van der Waals surface area contributed by atoms with Crippen LogP contribution in [0.15, 0.2) is 65.6 Å². The average Bonchev–Trinajstić information content (AvgIpc) is 2.84. The molecule has 30 heavy (non-hydrogen) atoms. The monoisotopic (exact) mass is 444 g/mol. The summed E-state index contributed by atoms with van der Waals surface area (Å²) in [5.41, 5.74) is 0.819. The molecule has 3 aromatic rings. The second kappa shape index (κ2) is 7.89. The van der Waals surface area contributed by atoms with E-state index in [1.54, 1.807) is 43.3 Å². The smallest absolute Gasteiger partial charge is 0.265 e. The first-order chi connectivity index (χ1) is 14.4. The number of ether oxygens (including phenoxy) is 2. The maximum Gasteiger partial charge on any atom is 0.265 e. The molecule has 0 spiro atoms. The molecule has 0 unspecified atom stereocenters. The summed E-state index contributed by atoms with van der Waals surface area (Å²) < 4.78 is 39.5. The lowest BCUT2D eigenvalue weighted by Crippen LogP contribution is -2.16. The number of hydrogen-bond donors (Lipinski definition) is 2. The Labute approximate surface area is 178 Å². The van der Waals surface area contributed by atoms with Crippen molar-refractivity contribution in [2.75, 3.05) is 16.6 Å². The van der Waals surface area contributed by atoms with Gasteiger partial charge in [-0.25, -0.2) is 8.42 Å². The van der Waals surface area contributed by atoms with Crippen LogP contribution in [0.4, 0.5) is 11.4 Å². The quantitative estimate of drug-likeness (QED) is 0.583. The SMILES string of the molecule is CCOc1ccccc1S(=O)(=O)Nc1ccc2c(c1)C(=O)Nc1cc(Cl)ccc1O2. The van der Waals surface area contributed by atoms with Crippen LogP contribution in [0.2, 0.25) is 5.02 Å². The number of hydrogen-bond acceptors (Lipinski definition) is 5. The van der Waals surface area contributed by atoms with Crippen LogP contribution in [-0.4, -0.2) is 20.9 Å². The highest BCUT2D eigenvalue weighted by atomic mass is 35.5. The molecule has 1 heterocycles. The lowest BCUT2D eigenvalue weighted by molar-refractivity contribution is 0.102. The number of carbonyl (C=O) groups excluding carboxylic acids is 1. The average molecular weight is 445 g/mol. The van der Waals surface area contributed by atoms with Crippen LogP contribution in [-0.2, 0) is 10.0 Å². The molecule has 3 aromatic carbocycles. The first kappa shape index (κ1) is 20.1. The van der Waals surface area contributed by atoms with Crippen molar-refractivity contribution >= 4 is 38.9 Å². The van der Waals surface area contributed by atoms with E-state index in [4.69, 9.17) is 21.1 Å². The molecule has 2 N–H and O–H groups in total. The van der Waals surface area contributed by atoms with Gasteiger partial charge in [-0.2, -0.15) is 0 Å². The molecule has 0 saturated carbocycles. The van der Waals surface area contributed by atoms with Crippen LogP contribution < -0.4 is 19.5 Å². The van der Waals surface area contributed by atoms with Crippen molar-refractivity contribution in [1.82, 2.24) is 0 Å². The van der Waals surface area contributed by atoms with Crippen LogP contribution in [0.25, 0.3) is 0 Å². The number of carbonyl (C=O) groups is 1. The first-order valence-corrected chi connectivity index (χ1v) is 10.9. The van der Waals surface area contributed by atoms with Crippen molar-refractivity contribution in [2.24, 2.45) is 0 Å². The van der Waals surface area contributed by atoms with E-state index >= 15 is 0 Å². The number of rotatable bonds is 5. The van der Waals surface area contributed by atoms with Gasteiger partial charge in [-0.3, -0.25) is 9.52 Å². The summed E-state index contributed by atoms with van der Waals surface area (Å²) in [6.07, 6.45) is 0. The molecule has 9 heteroatoms. The van der Waals surface area contributed by atoms with E-state index in [1.807, 2.05) is 0 Å². The van der Waals surface area contributed by atoms with Gasteiger partial charge in [0.2, 0.25) is 0 Å². The molecular formula is C21H17ClN2O5S. The van der Waals surface area contributed by atoms with Gasteiger partial charge in [-0.15, -0.1) is 0 Å². The van der Waals surface area contributed by atoms with Gasteiger partial charge in [0.15, 0.2) is 5.75 Å². The van der Waals surface area contributed by atoms with Crippen LogP contribution in [0.5, 0.6) is 17.2 Å². The van der Waals surface area contributed by atoms with E-state index in [1.165, 1.54) is 24.3 Å². The summed E-state index contributed by atoms with van der Waals surface area (Å²) in [7, 11) is -3.94. The summed E-state index contributed by atoms with van der Waals surface area (Å²) in [4.78, 5) is 12.7. The van der Waals surface area contributed by atoms with Gasteiger partial charge in [0, 0.05) is 10.7 Å². The Hall–Kier alpha value is -3.23. The molecule has 0 aromatic heterocycles. The molecular weight excluding hydrogens is 428 g/mol. The summed E-state index contributed by atoms with van der Waals surface area (Å²) in [5, 5.41) is 3.17. The third-order valence-electron chi connectivity index (χ3n) is 4.32. The van der Waals surface area contributed by atoms with Gasteiger partial charge >= 0.3 is 0 Å². The third-order valence-corrected chi connectivity index (χ3v) is 5.98. The zero-order chi connectivity index (χ0) is 21.3. The van der Waals surface area contributed by atoms with Gasteiger partial charge in [0.05, 0.1) is 17.9 Å². The number of para-hydroxylation sites is 1. The lowest BCUT2D eigenvalue weighted by atomic mass is 10.1. The summed E-state index contributed by atoms with van der Waals surface area (Å²) >= 11 is 5.99. The van der Waals surface area contributed by atoms with Crippen molar-refractivity contribution in [2.45, 2.75) is 11.8 Å². The molecule has 0 bridgehead atoms. The Bertz CT molecular complexity index is 1240. The van der Waals surface area contributed by atoms with Crippen LogP contribution in [0.1, 0.15) is 17.3 Å². The van der Waals surface area contributed by atoms with Crippen molar-refractivity contribution in [3.63, 3.8) is 0 Å². The first-order valence-electron chi connectivity index (χ1n) is 9.05. The Morgan fingerprint density at radius 3 is 2.63 bits per heavy atom. The molecule has 1 amide bonds. The predicted molar refractivity (Wildman–Crippen MR) is 114 cm³/mol. The fourth-order valence-electron chi connectivity index (χ4n) is 3.01. The number of anilines is 2. The molecule has 0 aliphatic carbocycles. The molecule has 7 nitrogen and oxygen atoms in total. The minimum absolute atomic E-state index is 0.00421. The number of sulfonamides is 1. The Kier molecular flexibility index (Phi) is 5.27. The minimum Gasteiger partial charge on any atom is -0.492 e. The van der Waals surface area contributed by atoms with Gasteiger partial charge < -0.3 is 14.8 Å². The lowest BCUT2D eigenvalue weighted by Gasteiger charge is -2.13. The standard InChI is InChI=1S/C21H17ClN2O5S/c1-2-28-19-5-3-4-6-20(19)30(26,27)24-14-8-10-17-15(12-14)21(25)23-16-11-13(22)7-9-18(16)29-17/h3-12,24H,2H2,1H3,(H,23,25). The third kappa shape index (κ3) is 3.92. The van der Waals surface area contributed by atoms with Gasteiger partial charge in [0.1, 0.15) is 16.4 Å². The minimum atomic E-state index is -3.94. The molecule has 1 aliphatic heterocycles. The summed E-state index contributed by atoms with van der Waals surface area (Å²) in [6.45, 7) is 2.10. The molecule has 0 fully saturated rings. The van der Waals surface area contributed by atoms with Gasteiger partial charge in [0.25, 0.3) is 15.9 Å². The number of amides is 1. The van der Waals surface area contributed by atoms with Crippen LogP contribution >= 0.6 is 11.6 Å². The zero-order valence-corrected chi connectivity index (χ0v) is 17.4. The number of benzene rings is 3. The Balaban J connectivity index is 1.67. The van der Waals surface area contributed by atoms with E-state index in [0.29, 0.717) is 28.8 Å². The van der Waals surface area contributed by atoms with Crippen molar-refractivity contribution in [1.29, 1.82) is 0 Å². The Morgan fingerprint density at radius 1 is 1.07 bits per heavy atom. The highest BCUT2D eigenvalue weighted by Gasteiger charge is 2.24. The normalized spacial score (nSPS) is 12.7. The molecule has 0 atom stereocenters. The fourth-order valence-corrected chi connectivity index (χ4v) is 4.38. The Morgan fingerprint density at radius 2 is 1.83 bits per heavy atom. The van der Waals surface area contributed by atoms with E-state index in [9.17, 15) is 13.2 Å². The second-order valence-electron chi connectivity index (χ2n) is 6.39. The molecule has 154 valence electrons. The van der Waals surface area contributed by atoms with Crippen molar-refractivity contribution < 1.29 is 22.7 Å². The zero-order valence-electron chi connectivity index (χ0n) is 15.8. The van der Waals surface area contributed by atoms with E-state index in [2.05, 4.69) is 10.0 Å². The van der Waals surface area contributed by atoms with Gasteiger partial charge in [-0.1, -0.05) is 23.7 Å². The van der Waals surface area contributed by atoms with Crippen molar-refractivity contribution in [3.05, 3.63) is 71.2 Å². The summed E-state index contributed by atoms with van der Waals surface area (Å²) in [6, 6.07) is 15.7. The number of halogens is 1. The van der Waals surface area contributed by atoms with E-state index in [-0.39, 0.29) is 21.9 Å². The largest absolute Gasteiger partial charge is 0.492 e. The maximum absolute atomic E-state index is 12.9.